The fourth-order valence-corrected chi connectivity index (χ4v) is 3.06. The molecule has 1 heterocycles. The SMILES string of the molecule is CCCCC(=O)Nc1cc(C)c2nc(NC(C)=O)sc2c1. The molecule has 2 N–H and O–H groups in total. The van der Waals surface area contributed by atoms with Crippen LogP contribution in [-0.2, 0) is 9.59 Å². The zero-order valence-corrected chi connectivity index (χ0v) is 13.3. The number of aromatic nitrogens is 1. The average Bonchev–Trinajstić information content (AvgIpc) is 2.78. The molecule has 0 aliphatic carbocycles. The number of carbonyl (C=O) groups is 2. The summed E-state index contributed by atoms with van der Waals surface area (Å²) in [5.41, 5.74) is 2.61. The quantitative estimate of drug-likeness (QED) is 0.885. The number of fused-ring (bicyclic) bond motifs is 1. The van der Waals surface area contributed by atoms with Crippen LogP contribution in [0.15, 0.2) is 12.1 Å². The first kappa shape index (κ1) is 15.4. The molecular weight excluding hydrogens is 286 g/mol. The van der Waals surface area contributed by atoms with Crippen LogP contribution in [0.25, 0.3) is 10.2 Å². The zero-order chi connectivity index (χ0) is 15.4. The van der Waals surface area contributed by atoms with Gasteiger partial charge in [-0.15, -0.1) is 0 Å². The van der Waals surface area contributed by atoms with E-state index >= 15 is 0 Å². The van der Waals surface area contributed by atoms with Gasteiger partial charge in [-0.2, -0.15) is 0 Å². The van der Waals surface area contributed by atoms with Gasteiger partial charge in [-0.25, -0.2) is 4.98 Å². The molecule has 2 amide bonds. The number of amides is 2. The summed E-state index contributed by atoms with van der Waals surface area (Å²) in [7, 11) is 0. The molecule has 0 atom stereocenters. The van der Waals surface area contributed by atoms with E-state index in [1.165, 1.54) is 18.3 Å². The zero-order valence-electron chi connectivity index (χ0n) is 12.4. The number of hydrogen-bond acceptors (Lipinski definition) is 4. The third-order valence-corrected chi connectivity index (χ3v) is 3.93. The van der Waals surface area contributed by atoms with E-state index < -0.39 is 0 Å². The molecule has 1 aromatic carbocycles. The van der Waals surface area contributed by atoms with Crippen molar-refractivity contribution in [2.45, 2.75) is 40.0 Å². The van der Waals surface area contributed by atoms with Crippen molar-refractivity contribution in [2.24, 2.45) is 0 Å². The molecule has 0 aliphatic heterocycles. The van der Waals surface area contributed by atoms with Crippen molar-refractivity contribution in [3.8, 4) is 0 Å². The Morgan fingerprint density at radius 1 is 1.29 bits per heavy atom. The summed E-state index contributed by atoms with van der Waals surface area (Å²) in [6.07, 6.45) is 2.42. The molecule has 0 radical (unpaired) electrons. The minimum absolute atomic E-state index is 0.0298. The lowest BCUT2D eigenvalue weighted by atomic mass is 10.2. The topological polar surface area (TPSA) is 71.1 Å². The predicted octanol–water partition coefficient (Wildman–Crippen LogP) is 3.69. The minimum Gasteiger partial charge on any atom is -0.326 e. The highest BCUT2D eigenvalue weighted by Crippen LogP contribution is 2.31. The first-order chi connectivity index (χ1) is 9.99. The van der Waals surface area contributed by atoms with Crippen LogP contribution >= 0.6 is 11.3 Å². The van der Waals surface area contributed by atoms with E-state index in [4.69, 9.17) is 0 Å². The Morgan fingerprint density at radius 3 is 2.71 bits per heavy atom. The van der Waals surface area contributed by atoms with E-state index in [1.807, 2.05) is 19.1 Å². The van der Waals surface area contributed by atoms with Crippen molar-refractivity contribution in [1.82, 2.24) is 4.98 Å². The molecule has 0 fully saturated rings. The molecule has 0 bridgehead atoms. The molecule has 2 aromatic rings. The summed E-state index contributed by atoms with van der Waals surface area (Å²) in [5, 5.41) is 6.18. The predicted molar refractivity (Wildman–Crippen MR) is 86.8 cm³/mol. The number of unbranched alkanes of at least 4 members (excludes halogenated alkanes) is 1. The fraction of sp³-hybridized carbons (Fsp3) is 0.400. The van der Waals surface area contributed by atoms with Gasteiger partial charge in [0.05, 0.1) is 10.2 Å². The number of aryl methyl sites for hydroxylation is 1. The minimum atomic E-state index is -0.139. The van der Waals surface area contributed by atoms with Gasteiger partial charge in [-0.1, -0.05) is 24.7 Å². The van der Waals surface area contributed by atoms with E-state index in [1.54, 1.807) is 0 Å². The molecule has 112 valence electrons. The molecule has 21 heavy (non-hydrogen) atoms. The lowest BCUT2D eigenvalue weighted by Gasteiger charge is -2.06. The van der Waals surface area contributed by atoms with E-state index in [0.717, 1.165) is 34.3 Å². The summed E-state index contributed by atoms with van der Waals surface area (Å²) >= 11 is 1.40. The second kappa shape index (κ2) is 6.67. The standard InChI is InChI=1S/C15H19N3O2S/c1-4-5-6-13(20)17-11-7-9(2)14-12(8-11)21-15(18-14)16-10(3)19/h7-8H,4-6H2,1-3H3,(H,17,20)(H,16,18,19). The second-order valence-corrected chi connectivity index (χ2v) is 6.02. The summed E-state index contributed by atoms with van der Waals surface area (Å²) in [6, 6.07) is 3.80. The van der Waals surface area contributed by atoms with Crippen molar-refractivity contribution >= 4 is 44.2 Å². The largest absolute Gasteiger partial charge is 0.326 e. The summed E-state index contributed by atoms with van der Waals surface area (Å²) in [5.74, 6) is -0.109. The Labute approximate surface area is 127 Å². The molecule has 1 aromatic heterocycles. The van der Waals surface area contributed by atoms with Gasteiger partial charge in [0.2, 0.25) is 11.8 Å². The van der Waals surface area contributed by atoms with Crippen LogP contribution in [0.1, 0.15) is 38.7 Å². The summed E-state index contributed by atoms with van der Waals surface area (Å²) in [6.45, 7) is 5.46. The molecule has 5 nitrogen and oxygen atoms in total. The first-order valence-corrected chi connectivity index (χ1v) is 7.80. The smallest absolute Gasteiger partial charge is 0.224 e. The molecule has 0 unspecified atom stereocenters. The fourth-order valence-electron chi connectivity index (χ4n) is 2.03. The molecule has 0 saturated heterocycles. The maximum Gasteiger partial charge on any atom is 0.224 e. The Morgan fingerprint density at radius 2 is 2.05 bits per heavy atom. The second-order valence-electron chi connectivity index (χ2n) is 4.99. The monoisotopic (exact) mass is 305 g/mol. The highest BCUT2D eigenvalue weighted by atomic mass is 32.1. The number of nitrogens with one attached hydrogen (secondary N) is 2. The summed E-state index contributed by atoms with van der Waals surface area (Å²) < 4.78 is 0.949. The first-order valence-electron chi connectivity index (χ1n) is 6.98. The van der Waals surface area contributed by atoms with Crippen molar-refractivity contribution in [1.29, 1.82) is 0 Å². The van der Waals surface area contributed by atoms with Gasteiger partial charge in [0.25, 0.3) is 0 Å². The van der Waals surface area contributed by atoms with Gasteiger partial charge in [0, 0.05) is 19.0 Å². The summed E-state index contributed by atoms with van der Waals surface area (Å²) in [4.78, 5) is 27.3. The molecule has 0 saturated carbocycles. The van der Waals surface area contributed by atoms with Crippen molar-refractivity contribution in [3.05, 3.63) is 17.7 Å². The third-order valence-electron chi connectivity index (χ3n) is 3.01. The highest BCUT2D eigenvalue weighted by Gasteiger charge is 2.10. The Hall–Kier alpha value is -1.95. The Bertz CT molecular complexity index is 679. The van der Waals surface area contributed by atoms with Gasteiger partial charge in [0.15, 0.2) is 5.13 Å². The van der Waals surface area contributed by atoms with Gasteiger partial charge >= 0.3 is 0 Å². The maximum absolute atomic E-state index is 11.8. The molecular formula is C15H19N3O2S. The number of benzene rings is 1. The molecule has 2 rings (SSSR count). The Balaban J connectivity index is 2.23. The normalized spacial score (nSPS) is 10.6. The molecule has 0 aliphatic rings. The van der Waals surface area contributed by atoms with Crippen LogP contribution in [-0.4, -0.2) is 16.8 Å². The molecule has 6 heteroatoms. The number of anilines is 2. The third kappa shape index (κ3) is 4.01. The van der Waals surface area contributed by atoms with Gasteiger partial charge in [-0.3, -0.25) is 9.59 Å². The van der Waals surface area contributed by atoms with E-state index in [-0.39, 0.29) is 11.8 Å². The van der Waals surface area contributed by atoms with E-state index in [0.29, 0.717) is 11.6 Å². The highest BCUT2D eigenvalue weighted by molar-refractivity contribution is 7.22. The van der Waals surface area contributed by atoms with Crippen LogP contribution in [0, 0.1) is 6.92 Å². The van der Waals surface area contributed by atoms with Crippen LogP contribution in [0.5, 0.6) is 0 Å². The van der Waals surface area contributed by atoms with Crippen molar-refractivity contribution < 1.29 is 9.59 Å². The van der Waals surface area contributed by atoms with E-state index in [2.05, 4.69) is 22.5 Å². The van der Waals surface area contributed by atoms with Crippen molar-refractivity contribution in [3.63, 3.8) is 0 Å². The van der Waals surface area contributed by atoms with E-state index in [9.17, 15) is 9.59 Å². The number of hydrogen-bond donors (Lipinski definition) is 2. The average molecular weight is 305 g/mol. The maximum atomic E-state index is 11.8. The van der Waals surface area contributed by atoms with Crippen LogP contribution in [0.3, 0.4) is 0 Å². The van der Waals surface area contributed by atoms with Gasteiger partial charge in [0.1, 0.15) is 0 Å². The van der Waals surface area contributed by atoms with Gasteiger partial charge < -0.3 is 10.6 Å². The number of nitrogens with zero attached hydrogens (tertiary/aromatic N) is 1. The van der Waals surface area contributed by atoms with Crippen LogP contribution in [0.4, 0.5) is 10.8 Å². The number of thiazole rings is 1. The van der Waals surface area contributed by atoms with Crippen LogP contribution in [0.2, 0.25) is 0 Å². The number of rotatable bonds is 5. The van der Waals surface area contributed by atoms with Crippen LogP contribution < -0.4 is 10.6 Å². The van der Waals surface area contributed by atoms with Gasteiger partial charge in [-0.05, 0) is 31.0 Å². The Kier molecular flexibility index (Phi) is 4.90. The lowest BCUT2D eigenvalue weighted by Crippen LogP contribution is -2.10. The molecule has 0 spiro atoms. The lowest BCUT2D eigenvalue weighted by molar-refractivity contribution is -0.116. The number of carbonyl (C=O) groups excluding carboxylic acids is 2. The van der Waals surface area contributed by atoms with Crippen molar-refractivity contribution in [2.75, 3.05) is 10.6 Å².